The summed E-state index contributed by atoms with van der Waals surface area (Å²) in [5.74, 6) is -1.75. The van der Waals surface area contributed by atoms with E-state index in [9.17, 15) is 22.4 Å². The van der Waals surface area contributed by atoms with Gasteiger partial charge in [0.15, 0.2) is 12.4 Å². The van der Waals surface area contributed by atoms with Crippen LogP contribution in [0.3, 0.4) is 0 Å². The fourth-order valence-corrected chi connectivity index (χ4v) is 7.36. The van der Waals surface area contributed by atoms with Crippen molar-refractivity contribution in [3.8, 4) is 0 Å². The summed E-state index contributed by atoms with van der Waals surface area (Å²) in [6, 6.07) is 10.6. The lowest BCUT2D eigenvalue weighted by Gasteiger charge is -2.39. The van der Waals surface area contributed by atoms with Crippen LogP contribution in [0, 0.1) is 16.6 Å². The summed E-state index contributed by atoms with van der Waals surface area (Å²) >= 11 is 0. The van der Waals surface area contributed by atoms with Gasteiger partial charge in [-0.25, -0.2) is 17.6 Å². The highest BCUT2D eigenvalue weighted by molar-refractivity contribution is 7.89. The third-order valence-corrected chi connectivity index (χ3v) is 8.44. The normalized spacial score (nSPS) is 24.4. The van der Waals surface area contributed by atoms with Gasteiger partial charge in [-0.1, -0.05) is 26.8 Å². The van der Waals surface area contributed by atoms with E-state index in [1.54, 1.807) is 4.31 Å². The molecule has 0 aromatic heterocycles. The topological polar surface area (TPSA) is 80.8 Å². The van der Waals surface area contributed by atoms with Crippen LogP contribution in [0.4, 0.5) is 4.39 Å². The van der Waals surface area contributed by atoms with Crippen molar-refractivity contribution in [1.82, 2.24) is 4.31 Å². The first-order valence-corrected chi connectivity index (χ1v) is 12.4. The van der Waals surface area contributed by atoms with Crippen molar-refractivity contribution in [3.63, 3.8) is 0 Å². The van der Waals surface area contributed by atoms with Crippen molar-refractivity contribution in [3.05, 3.63) is 65.5 Å². The van der Waals surface area contributed by atoms with Crippen LogP contribution in [-0.2, 0) is 14.8 Å². The number of sulfonamides is 1. The predicted octanol–water partition coefficient (Wildman–Crippen LogP) is 4.45. The summed E-state index contributed by atoms with van der Waals surface area (Å²) in [5.41, 5.74) is 0.287. The van der Waals surface area contributed by atoms with E-state index in [-0.39, 0.29) is 32.9 Å². The fourth-order valence-electron chi connectivity index (χ4n) is 5.54. The van der Waals surface area contributed by atoms with Crippen LogP contribution in [0.2, 0.25) is 0 Å². The molecule has 0 spiro atoms. The van der Waals surface area contributed by atoms with Gasteiger partial charge in [0.25, 0.3) is 0 Å². The molecule has 0 unspecified atom stereocenters. The van der Waals surface area contributed by atoms with Gasteiger partial charge in [-0.15, -0.1) is 0 Å². The Balaban J connectivity index is 1.48. The van der Waals surface area contributed by atoms with Crippen LogP contribution in [0.1, 0.15) is 60.7 Å². The minimum absolute atomic E-state index is 0.0377. The zero-order chi connectivity index (χ0) is 24.0. The molecule has 2 bridgehead atoms. The van der Waals surface area contributed by atoms with Gasteiger partial charge in [0.2, 0.25) is 10.0 Å². The molecule has 2 atom stereocenters. The number of benzene rings is 2. The van der Waals surface area contributed by atoms with Crippen LogP contribution in [0.15, 0.2) is 53.4 Å². The third-order valence-electron chi connectivity index (χ3n) is 6.54. The Labute approximate surface area is 193 Å². The van der Waals surface area contributed by atoms with Crippen LogP contribution < -0.4 is 0 Å². The molecule has 1 saturated carbocycles. The molecule has 0 N–H and O–H groups in total. The fraction of sp³-hybridized carbons (Fsp3) is 0.440. The van der Waals surface area contributed by atoms with Crippen LogP contribution in [0.25, 0.3) is 0 Å². The molecule has 1 aliphatic heterocycles. The maximum absolute atomic E-state index is 13.5. The molecule has 176 valence electrons. The van der Waals surface area contributed by atoms with E-state index in [0.717, 1.165) is 31.4 Å². The van der Waals surface area contributed by atoms with Gasteiger partial charge in [-0.3, -0.25) is 4.79 Å². The second-order valence-corrected chi connectivity index (χ2v) is 12.2. The Morgan fingerprint density at radius 3 is 2.45 bits per heavy atom. The molecule has 1 heterocycles. The molecule has 33 heavy (non-hydrogen) atoms. The van der Waals surface area contributed by atoms with Gasteiger partial charge in [-0.2, -0.15) is 4.31 Å². The number of ketones is 1. The number of carbonyl (C=O) groups is 2. The highest BCUT2D eigenvalue weighted by Gasteiger charge is 2.53. The standard InChI is InChI=1S/C25H28FNO5S/c1-24(2)12-20-13-25(3,15-24)16-27(20)33(30,31)21-6-4-5-18(11-21)23(29)32-14-22(28)17-7-9-19(26)10-8-17/h4-11,20H,12-16H2,1-3H3/t20-,25+/m0/s1. The summed E-state index contributed by atoms with van der Waals surface area (Å²) in [4.78, 5) is 24.7. The lowest BCUT2D eigenvalue weighted by molar-refractivity contribution is 0.0474. The maximum atomic E-state index is 13.5. The minimum atomic E-state index is -3.79. The zero-order valence-corrected chi connectivity index (χ0v) is 19.8. The Hall–Kier alpha value is -2.58. The minimum Gasteiger partial charge on any atom is -0.454 e. The second kappa shape index (κ2) is 8.33. The molecule has 6 nitrogen and oxygen atoms in total. The average Bonchev–Trinajstić information content (AvgIpc) is 3.01. The SMILES string of the molecule is CC1(C)C[C@H]2C[C@@](C)(CN2S(=O)(=O)c2cccc(C(=O)OCC(=O)c3ccc(F)cc3)c2)C1. The Bertz CT molecular complexity index is 1190. The maximum Gasteiger partial charge on any atom is 0.338 e. The first kappa shape index (κ1) is 23.6. The molecular formula is C25H28FNO5S. The van der Waals surface area contributed by atoms with Gasteiger partial charge in [-0.05, 0) is 72.6 Å². The number of nitrogens with zero attached hydrogens (tertiary/aromatic N) is 1. The van der Waals surface area contributed by atoms with Gasteiger partial charge in [0.05, 0.1) is 10.5 Å². The Morgan fingerprint density at radius 2 is 1.76 bits per heavy atom. The van der Waals surface area contributed by atoms with Gasteiger partial charge in [0, 0.05) is 18.2 Å². The van der Waals surface area contributed by atoms with Crippen molar-refractivity contribution in [1.29, 1.82) is 0 Å². The summed E-state index contributed by atoms with van der Waals surface area (Å²) in [6.07, 6.45) is 2.61. The van der Waals surface area contributed by atoms with Gasteiger partial charge in [0.1, 0.15) is 5.82 Å². The van der Waals surface area contributed by atoms with Crippen molar-refractivity contribution in [2.24, 2.45) is 10.8 Å². The monoisotopic (exact) mass is 473 g/mol. The number of Topliss-reactive ketones (excluding diaryl/α,β-unsaturated/α-hetero) is 1. The van der Waals surface area contributed by atoms with Gasteiger partial charge < -0.3 is 4.74 Å². The molecule has 0 radical (unpaired) electrons. The molecule has 8 heteroatoms. The van der Waals surface area contributed by atoms with Crippen molar-refractivity contribution >= 4 is 21.8 Å². The average molecular weight is 474 g/mol. The third kappa shape index (κ3) is 4.87. The van der Waals surface area contributed by atoms with E-state index in [0.29, 0.717) is 6.54 Å². The van der Waals surface area contributed by atoms with E-state index in [1.807, 2.05) is 0 Å². The van der Waals surface area contributed by atoms with Crippen molar-refractivity contribution in [2.45, 2.75) is 51.0 Å². The summed E-state index contributed by atoms with van der Waals surface area (Å²) in [7, 11) is -3.79. The number of carbonyl (C=O) groups excluding carboxylic acids is 2. The van der Waals surface area contributed by atoms with E-state index in [4.69, 9.17) is 4.74 Å². The Kier molecular flexibility index (Phi) is 5.95. The summed E-state index contributed by atoms with van der Waals surface area (Å²) in [6.45, 7) is 6.44. The zero-order valence-electron chi connectivity index (χ0n) is 19.0. The van der Waals surface area contributed by atoms with Gasteiger partial charge >= 0.3 is 5.97 Å². The number of rotatable bonds is 6. The molecule has 1 saturated heterocycles. The van der Waals surface area contributed by atoms with Crippen LogP contribution in [-0.4, -0.2) is 43.7 Å². The summed E-state index contributed by atoms with van der Waals surface area (Å²) < 4.78 is 46.6. The van der Waals surface area contributed by atoms with Crippen LogP contribution >= 0.6 is 0 Å². The molecule has 0 amide bonds. The predicted molar refractivity (Wildman–Crippen MR) is 121 cm³/mol. The lowest BCUT2D eigenvalue weighted by atomic mass is 9.65. The van der Waals surface area contributed by atoms with E-state index < -0.39 is 34.2 Å². The number of halogens is 1. The van der Waals surface area contributed by atoms with E-state index in [1.165, 1.54) is 36.4 Å². The number of esters is 1. The summed E-state index contributed by atoms with van der Waals surface area (Å²) in [5, 5.41) is 0. The van der Waals surface area contributed by atoms with E-state index >= 15 is 0 Å². The number of hydrogen-bond acceptors (Lipinski definition) is 5. The molecule has 1 aliphatic carbocycles. The first-order valence-electron chi connectivity index (χ1n) is 11.0. The smallest absolute Gasteiger partial charge is 0.338 e. The van der Waals surface area contributed by atoms with Crippen molar-refractivity contribution < 1.29 is 27.1 Å². The van der Waals surface area contributed by atoms with Crippen LogP contribution in [0.5, 0.6) is 0 Å². The van der Waals surface area contributed by atoms with Crippen molar-refractivity contribution in [2.75, 3.05) is 13.2 Å². The molecule has 2 aromatic rings. The molecule has 2 aromatic carbocycles. The number of hydrogen-bond donors (Lipinski definition) is 0. The highest BCUT2D eigenvalue weighted by Crippen LogP contribution is 2.53. The largest absolute Gasteiger partial charge is 0.454 e. The number of ether oxygens (including phenoxy) is 1. The molecular weight excluding hydrogens is 445 g/mol. The Morgan fingerprint density at radius 1 is 1.06 bits per heavy atom. The molecule has 2 fully saturated rings. The molecule has 4 rings (SSSR count). The number of fused-ring (bicyclic) bond motifs is 2. The molecule has 2 aliphatic rings. The second-order valence-electron chi connectivity index (χ2n) is 10.3. The van der Waals surface area contributed by atoms with E-state index in [2.05, 4.69) is 20.8 Å². The lowest BCUT2D eigenvalue weighted by Crippen LogP contribution is -2.37. The quantitative estimate of drug-likeness (QED) is 0.457. The first-order chi connectivity index (χ1) is 15.4. The highest BCUT2D eigenvalue weighted by atomic mass is 32.2.